The SMILES string of the molecule is C[Si](C)(C)n1ccc(=O)[nH]c1=O. The van der Waals surface area contributed by atoms with Crippen molar-refractivity contribution in [1.29, 1.82) is 0 Å². The zero-order chi connectivity index (χ0) is 9.35. The maximum absolute atomic E-state index is 11.2. The molecule has 0 fully saturated rings. The van der Waals surface area contributed by atoms with Gasteiger partial charge >= 0.3 is 5.69 Å². The van der Waals surface area contributed by atoms with Crippen LogP contribution in [0.1, 0.15) is 0 Å². The molecule has 4 nitrogen and oxygen atoms in total. The molecule has 1 heterocycles. The van der Waals surface area contributed by atoms with Gasteiger partial charge in [0.2, 0.25) is 0 Å². The lowest BCUT2D eigenvalue weighted by atomic mass is 10.7. The van der Waals surface area contributed by atoms with E-state index in [1.54, 1.807) is 10.4 Å². The zero-order valence-electron chi connectivity index (χ0n) is 7.42. The first-order valence-electron chi connectivity index (χ1n) is 3.74. The van der Waals surface area contributed by atoms with E-state index in [0.29, 0.717) is 0 Å². The molecule has 0 aliphatic rings. The van der Waals surface area contributed by atoms with E-state index < -0.39 is 8.24 Å². The molecule has 5 heteroatoms. The van der Waals surface area contributed by atoms with Gasteiger partial charge in [0, 0.05) is 12.3 Å². The van der Waals surface area contributed by atoms with Gasteiger partial charge in [-0.1, -0.05) is 19.6 Å². The molecule has 0 saturated carbocycles. The topological polar surface area (TPSA) is 54.9 Å². The van der Waals surface area contributed by atoms with Crippen molar-refractivity contribution in [3.8, 4) is 0 Å². The first kappa shape index (κ1) is 8.99. The summed E-state index contributed by atoms with van der Waals surface area (Å²) >= 11 is 0. The number of aromatic amines is 1. The van der Waals surface area contributed by atoms with E-state index >= 15 is 0 Å². The van der Waals surface area contributed by atoms with Crippen LogP contribution in [0.25, 0.3) is 0 Å². The van der Waals surface area contributed by atoms with Gasteiger partial charge in [0.1, 0.15) is 0 Å². The highest BCUT2D eigenvalue weighted by molar-refractivity contribution is 6.74. The van der Waals surface area contributed by atoms with Crippen molar-refractivity contribution in [3.63, 3.8) is 0 Å². The lowest BCUT2D eigenvalue weighted by Gasteiger charge is -2.18. The van der Waals surface area contributed by atoms with Crippen LogP contribution in [0.15, 0.2) is 21.9 Å². The second-order valence-electron chi connectivity index (χ2n) is 3.65. The van der Waals surface area contributed by atoms with Gasteiger partial charge in [-0.15, -0.1) is 0 Å². The predicted octanol–water partition coefficient (Wildman–Crippen LogP) is 0.220. The fraction of sp³-hybridized carbons (Fsp3) is 0.429. The molecule has 66 valence electrons. The molecule has 0 atom stereocenters. The van der Waals surface area contributed by atoms with Crippen molar-refractivity contribution in [3.05, 3.63) is 33.1 Å². The Morgan fingerprint density at radius 2 is 1.92 bits per heavy atom. The largest absolute Gasteiger partial charge is 0.329 e. The number of nitrogens with one attached hydrogen (secondary N) is 1. The average Bonchev–Trinajstić information content (AvgIpc) is 1.83. The average molecular weight is 184 g/mol. The minimum absolute atomic E-state index is 0.304. The maximum atomic E-state index is 11.2. The zero-order valence-corrected chi connectivity index (χ0v) is 8.42. The summed E-state index contributed by atoms with van der Waals surface area (Å²) in [6.07, 6.45) is 1.56. The second kappa shape index (κ2) is 2.74. The molecule has 0 radical (unpaired) electrons. The van der Waals surface area contributed by atoms with Crippen LogP contribution in [-0.4, -0.2) is 17.5 Å². The summed E-state index contributed by atoms with van der Waals surface area (Å²) in [5.74, 6) is 0. The van der Waals surface area contributed by atoms with Crippen molar-refractivity contribution in [2.45, 2.75) is 19.6 Å². The summed E-state index contributed by atoms with van der Waals surface area (Å²) in [6.45, 7) is 6.10. The molecule has 0 aromatic carbocycles. The Morgan fingerprint density at radius 3 is 2.33 bits per heavy atom. The van der Waals surface area contributed by atoms with Gasteiger partial charge in [-0.3, -0.25) is 9.78 Å². The van der Waals surface area contributed by atoms with Crippen molar-refractivity contribution < 1.29 is 0 Å². The number of hydrogen-bond donors (Lipinski definition) is 1. The van der Waals surface area contributed by atoms with Crippen molar-refractivity contribution >= 4 is 8.24 Å². The molecule has 0 spiro atoms. The minimum atomic E-state index is -1.67. The van der Waals surface area contributed by atoms with E-state index in [4.69, 9.17) is 0 Å². The third-order valence-electron chi connectivity index (χ3n) is 1.55. The Kier molecular flexibility index (Phi) is 2.06. The summed E-state index contributed by atoms with van der Waals surface area (Å²) < 4.78 is 1.62. The van der Waals surface area contributed by atoms with E-state index in [9.17, 15) is 9.59 Å². The van der Waals surface area contributed by atoms with Gasteiger partial charge in [0.05, 0.1) is 0 Å². The standard InChI is InChI=1S/C7H12N2O2Si/c1-12(2,3)9-5-4-6(10)8-7(9)11/h4-5H,1-3H3,(H,8,10,11). The highest BCUT2D eigenvalue weighted by Gasteiger charge is 2.17. The Morgan fingerprint density at radius 1 is 1.33 bits per heavy atom. The molecule has 0 aliphatic carbocycles. The monoisotopic (exact) mass is 184 g/mol. The van der Waals surface area contributed by atoms with Crippen molar-refractivity contribution in [1.82, 2.24) is 9.22 Å². The van der Waals surface area contributed by atoms with Gasteiger partial charge in [-0.05, 0) is 0 Å². The number of nitrogens with zero attached hydrogens (tertiary/aromatic N) is 1. The van der Waals surface area contributed by atoms with E-state index in [-0.39, 0.29) is 11.2 Å². The van der Waals surface area contributed by atoms with Gasteiger partial charge in [0.15, 0.2) is 8.24 Å². The van der Waals surface area contributed by atoms with Crippen LogP contribution in [0, 0.1) is 0 Å². The van der Waals surface area contributed by atoms with Crippen LogP contribution in [-0.2, 0) is 0 Å². The molecule has 1 aromatic rings. The fourth-order valence-corrected chi connectivity index (χ4v) is 2.13. The Bertz CT molecular complexity index is 385. The second-order valence-corrected chi connectivity index (χ2v) is 8.47. The number of rotatable bonds is 1. The van der Waals surface area contributed by atoms with E-state index in [1.807, 2.05) is 19.6 Å². The molecule has 1 aromatic heterocycles. The van der Waals surface area contributed by atoms with Gasteiger partial charge in [-0.2, -0.15) is 0 Å². The Hall–Kier alpha value is -1.10. The van der Waals surface area contributed by atoms with E-state index in [2.05, 4.69) is 4.98 Å². The molecular weight excluding hydrogens is 172 g/mol. The van der Waals surface area contributed by atoms with Crippen molar-refractivity contribution in [2.24, 2.45) is 0 Å². The molecule has 0 unspecified atom stereocenters. The number of H-pyrrole nitrogens is 1. The van der Waals surface area contributed by atoms with Gasteiger partial charge < -0.3 is 4.23 Å². The molecule has 0 amide bonds. The third kappa shape index (κ3) is 1.73. The number of aromatic nitrogens is 2. The van der Waals surface area contributed by atoms with Gasteiger partial charge in [-0.25, -0.2) is 4.79 Å². The Labute approximate surface area is 71.0 Å². The quantitative estimate of drug-likeness (QED) is 0.635. The van der Waals surface area contributed by atoms with Crippen LogP contribution in [0.3, 0.4) is 0 Å². The highest BCUT2D eigenvalue weighted by atomic mass is 28.3. The third-order valence-corrected chi connectivity index (χ3v) is 3.34. The van der Waals surface area contributed by atoms with Gasteiger partial charge in [0.25, 0.3) is 5.56 Å². The van der Waals surface area contributed by atoms with Crippen LogP contribution in [0.5, 0.6) is 0 Å². The van der Waals surface area contributed by atoms with E-state index in [0.717, 1.165) is 0 Å². The first-order valence-corrected chi connectivity index (χ1v) is 7.18. The van der Waals surface area contributed by atoms with Crippen LogP contribution >= 0.6 is 0 Å². The molecule has 0 bridgehead atoms. The first-order chi connectivity index (χ1) is 5.41. The minimum Gasteiger partial charge on any atom is -0.329 e. The molecule has 0 aliphatic heterocycles. The highest BCUT2D eigenvalue weighted by Crippen LogP contribution is 1.99. The summed E-state index contributed by atoms with van der Waals surface area (Å²) in [5, 5.41) is 0. The summed E-state index contributed by atoms with van der Waals surface area (Å²) in [6, 6.07) is 1.37. The van der Waals surface area contributed by atoms with Crippen LogP contribution in [0.4, 0.5) is 0 Å². The normalized spacial score (nSPS) is 11.6. The smallest absolute Gasteiger partial charge is 0.320 e. The maximum Gasteiger partial charge on any atom is 0.320 e. The fourth-order valence-electron chi connectivity index (χ4n) is 0.945. The summed E-state index contributed by atoms with van der Waals surface area (Å²) in [4.78, 5) is 24.2. The summed E-state index contributed by atoms with van der Waals surface area (Å²) in [5.41, 5.74) is -0.642. The van der Waals surface area contributed by atoms with Crippen molar-refractivity contribution in [2.75, 3.05) is 0 Å². The molecular formula is C7H12N2O2Si. The van der Waals surface area contributed by atoms with E-state index in [1.165, 1.54) is 6.07 Å². The molecule has 1 N–H and O–H groups in total. The van der Waals surface area contributed by atoms with Crippen LogP contribution < -0.4 is 11.2 Å². The summed E-state index contributed by atoms with van der Waals surface area (Å²) in [7, 11) is -1.67. The lowest BCUT2D eigenvalue weighted by Crippen LogP contribution is -2.43. The van der Waals surface area contributed by atoms with Crippen LogP contribution in [0.2, 0.25) is 19.6 Å². The predicted molar refractivity (Wildman–Crippen MR) is 50.1 cm³/mol. The molecule has 12 heavy (non-hydrogen) atoms. The molecule has 1 rings (SSSR count). The molecule has 0 saturated heterocycles. The Balaban J connectivity index is 3.39. The number of hydrogen-bond acceptors (Lipinski definition) is 2. The lowest BCUT2D eigenvalue weighted by molar-refractivity contribution is 0.937.